The molecule has 7 aromatic rings. The van der Waals surface area contributed by atoms with Crippen molar-refractivity contribution in [1.29, 1.82) is 0 Å². The third-order valence-electron chi connectivity index (χ3n) is 7.05. The fourth-order valence-electron chi connectivity index (χ4n) is 5.16. The average Bonchev–Trinajstić information content (AvgIpc) is 3.40. The van der Waals surface area contributed by atoms with Gasteiger partial charge in [-0.2, -0.15) is 0 Å². The Morgan fingerprint density at radius 2 is 1.48 bits per heavy atom. The molecule has 0 N–H and O–H groups in total. The second-order valence-corrected chi connectivity index (χ2v) is 11.8. The molecule has 5 heteroatoms. The van der Waals surface area contributed by atoms with Crippen molar-refractivity contribution >= 4 is 22.1 Å². The monoisotopic (exact) mass is 752 g/mol. The number of pyridine rings is 3. The van der Waals surface area contributed by atoms with Gasteiger partial charge in [0.15, 0.2) is 0 Å². The van der Waals surface area contributed by atoms with Crippen LogP contribution in [0.1, 0.15) is 37.6 Å². The van der Waals surface area contributed by atoms with Crippen LogP contribution in [0.4, 0.5) is 0 Å². The Hall–Kier alpha value is -4.44. The number of rotatable bonds is 5. The predicted molar refractivity (Wildman–Crippen MR) is 174 cm³/mol. The summed E-state index contributed by atoms with van der Waals surface area (Å²) in [6.45, 7) is 6.74. The first-order chi connectivity index (χ1) is 20.9. The fraction of sp³-hybridized carbons (Fsp3) is 0.154. The van der Waals surface area contributed by atoms with Gasteiger partial charge in [-0.3, -0.25) is 0 Å². The maximum Gasteiger partial charge on any atom is 0.216 e. The molecule has 0 fully saturated rings. The topological polar surface area (TPSA) is 51.8 Å². The van der Waals surface area contributed by atoms with E-state index in [-0.39, 0.29) is 25.5 Å². The van der Waals surface area contributed by atoms with Gasteiger partial charge in [0, 0.05) is 50.0 Å². The fourth-order valence-corrected chi connectivity index (χ4v) is 5.16. The normalized spacial score (nSPS) is 11.1. The number of furan rings is 1. The molecule has 4 nitrogen and oxygen atoms in total. The first-order valence-corrected chi connectivity index (χ1v) is 14.5. The zero-order valence-electron chi connectivity index (χ0n) is 25.0. The third-order valence-corrected chi connectivity index (χ3v) is 7.05. The largest absolute Gasteiger partial charge is 0.486 e. The Kier molecular flexibility index (Phi) is 9.79. The van der Waals surface area contributed by atoms with Crippen LogP contribution in [0.2, 0.25) is 0 Å². The SMILES string of the molecule is CC(C)(C)Cc1ccnc(-c2[c-]ccc3c2oc2nc(Cc4ccccc4)ccc23)c1.[Ir].[c-]1ccccc1-c1ccccn1. The molecule has 0 aliphatic carbocycles. The van der Waals surface area contributed by atoms with E-state index in [2.05, 4.69) is 91.4 Å². The van der Waals surface area contributed by atoms with Gasteiger partial charge in [0.2, 0.25) is 5.71 Å². The molecule has 7 rings (SSSR count). The van der Waals surface area contributed by atoms with Crippen LogP contribution in [-0.4, -0.2) is 15.0 Å². The standard InChI is InChI=1S/C28H25N2O.C11H8N.Ir/c1-28(2,3)18-20-14-15-29-25(17-20)24-11-7-10-22-23-13-12-21(30-27(23)31-26(22)24)16-19-8-5-4-6-9-19;1-2-6-10(7-3-1)11-8-4-5-9-12-11;/h4-10,12-15,17H,16,18H2,1-3H3;1-6,8-9H;/q2*-1;. The molecule has 1 radical (unpaired) electrons. The van der Waals surface area contributed by atoms with Crippen LogP contribution in [0.15, 0.2) is 126 Å². The zero-order valence-corrected chi connectivity index (χ0v) is 27.4. The van der Waals surface area contributed by atoms with Crippen molar-refractivity contribution in [2.75, 3.05) is 0 Å². The van der Waals surface area contributed by atoms with E-state index < -0.39 is 0 Å². The zero-order chi connectivity index (χ0) is 29.6. The van der Waals surface area contributed by atoms with Crippen molar-refractivity contribution in [3.05, 3.63) is 151 Å². The molecule has 4 aromatic heterocycles. The molecule has 0 bridgehead atoms. The second kappa shape index (κ2) is 13.9. The summed E-state index contributed by atoms with van der Waals surface area (Å²) in [5.41, 5.74) is 8.95. The Morgan fingerprint density at radius 3 is 2.23 bits per heavy atom. The number of aromatic nitrogens is 3. The number of fused-ring (bicyclic) bond motifs is 3. The van der Waals surface area contributed by atoms with Gasteiger partial charge >= 0.3 is 0 Å². The Balaban J connectivity index is 0.000000248. The van der Waals surface area contributed by atoms with Crippen molar-refractivity contribution in [2.24, 2.45) is 5.41 Å². The van der Waals surface area contributed by atoms with Crippen molar-refractivity contribution in [3.63, 3.8) is 0 Å². The van der Waals surface area contributed by atoms with Gasteiger partial charge in [-0.05, 0) is 53.1 Å². The van der Waals surface area contributed by atoms with Gasteiger partial charge in [-0.15, -0.1) is 54.1 Å². The summed E-state index contributed by atoms with van der Waals surface area (Å²) in [7, 11) is 0. The first-order valence-electron chi connectivity index (χ1n) is 14.5. The quantitative estimate of drug-likeness (QED) is 0.165. The predicted octanol–water partition coefficient (Wildman–Crippen LogP) is 9.57. The van der Waals surface area contributed by atoms with Crippen molar-refractivity contribution in [1.82, 2.24) is 15.0 Å². The molecule has 221 valence electrons. The van der Waals surface area contributed by atoms with Crippen LogP contribution in [0.25, 0.3) is 44.6 Å². The van der Waals surface area contributed by atoms with Crippen LogP contribution < -0.4 is 0 Å². The number of hydrogen-bond donors (Lipinski definition) is 0. The average molecular weight is 752 g/mol. The minimum absolute atomic E-state index is 0. The molecular weight excluding hydrogens is 719 g/mol. The molecule has 3 aromatic carbocycles. The van der Waals surface area contributed by atoms with Gasteiger partial charge in [0.25, 0.3) is 0 Å². The third kappa shape index (κ3) is 7.55. The smallest absolute Gasteiger partial charge is 0.216 e. The van der Waals surface area contributed by atoms with E-state index in [9.17, 15) is 0 Å². The molecule has 0 spiro atoms. The van der Waals surface area contributed by atoms with Crippen LogP contribution in [0, 0.1) is 17.5 Å². The second-order valence-electron chi connectivity index (χ2n) is 11.8. The maximum atomic E-state index is 6.27. The summed E-state index contributed by atoms with van der Waals surface area (Å²) in [4.78, 5) is 13.6. The van der Waals surface area contributed by atoms with Crippen LogP contribution >= 0.6 is 0 Å². The minimum Gasteiger partial charge on any atom is -0.486 e. The van der Waals surface area contributed by atoms with E-state index in [0.29, 0.717) is 5.71 Å². The van der Waals surface area contributed by atoms with Crippen molar-refractivity contribution < 1.29 is 24.5 Å². The van der Waals surface area contributed by atoms with E-state index in [1.54, 1.807) is 6.20 Å². The molecule has 0 atom stereocenters. The van der Waals surface area contributed by atoms with E-state index in [0.717, 1.165) is 57.4 Å². The Bertz CT molecular complexity index is 1910. The van der Waals surface area contributed by atoms with Gasteiger partial charge in [0.05, 0.1) is 5.58 Å². The number of benzene rings is 3. The summed E-state index contributed by atoms with van der Waals surface area (Å²) in [6, 6.07) is 43.0. The van der Waals surface area contributed by atoms with Crippen LogP contribution in [-0.2, 0) is 32.9 Å². The summed E-state index contributed by atoms with van der Waals surface area (Å²) < 4.78 is 6.27. The van der Waals surface area contributed by atoms with Crippen molar-refractivity contribution in [3.8, 4) is 22.5 Å². The molecule has 0 saturated heterocycles. The van der Waals surface area contributed by atoms with Gasteiger partial charge in [-0.25, -0.2) is 4.98 Å². The molecule has 0 amide bonds. The van der Waals surface area contributed by atoms with Gasteiger partial charge in [0.1, 0.15) is 0 Å². The number of hydrogen-bond acceptors (Lipinski definition) is 4. The summed E-state index contributed by atoms with van der Waals surface area (Å²) in [5, 5.41) is 2.07. The van der Waals surface area contributed by atoms with E-state index in [1.165, 1.54) is 11.1 Å². The van der Waals surface area contributed by atoms with Crippen LogP contribution in [0.3, 0.4) is 0 Å². The van der Waals surface area contributed by atoms with Gasteiger partial charge < -0.3 is 14.4 Å². The molecule has 0 aliphatic rings. The maximum absolute atomic E-state index is 6.27. The molecule has 0 unspecified atom stereocenters. The summed E-state index contributed by atoms with van der Waals surface area (Å²) in [5.74, 6) is 0. The molecular formula is C39H33IrN3O-2. The summed E-state index contributed by atoms with van der Waals surface area (Å²) in [6.07, 6.45) is 5.43. The Labute approximate surface area is 272 Å². The minimum atomic E-state index is 0. The molecule has 0 saturated carbocycles. The van der Waals surface area contributed by atoms with Gasteiger partial charge in [-0.1, -0.05) is 85.8 Å². The Morgan fingerprint density at radius 1 is 0.682 bits per heavy atom. The van der Waals surface area contributed by atoms with Crippen molar-refractivity contribution in [2.45, 2.75) is 33.6 Å². The molecule has 4 heterocycles. The van der Waals surface area contributed by atoms with E-state index in [1.807, 2.05) is 66.9 Å². The first kappa shape index (κ1) is 31.0. The number of nitrogens with zero attached hydrogens (tertiary/aromatic N) is 3. The van der Waals surface area contributed by atoms with Crippen LogP contribution in [0.5, 0.6) is 0 Å². The van der Waals surface area contributed by atoms with E-state index >= 15 is 0 Å². The summed E-state index contributed by atoms with van der Waals surface area (Å²) >= 11 is 0. The van der Waals surface area contributed by atoms with E-state index in [4.69, 9.17) is 9.40 Å². The molecule has 0 aliphatic heterocycles. The molecule has 44 heavy (non-hydrogen) atoms.